The molecule has 696 valence electrons. The number of para-hydroxylation sites is 5. The van der Waals surface area contributed by atoms with Gasteiger partial charge in [0.2, 0.25) is 0 Å². The number of nitriles is 10. The van der Waals surface area contributed by atoms with E-state index in [4.69, 9.17) is 4.42 Å². The number of furan rings is 1. The number of fused-ring (bicyclic) bond motifs is 29. The monoisotopic (exact) mass is 1950 g/mol. The van der Waals surface area contributed by atoms with Crippen LogP contribution in [0.5, 0.6) is 0 Å². The molecule has 23 aromatic rings. The van der Waals surface area contributed by atoms with Gasteiger partial charge >= 0.3 is 0 Å². The number of hydrogen-bond donors (Lipinski definition) is 0. The molecule has 4 aliphatic carbocycles. The summed E-state index contributed by atoms with van der Waals surface area (Å²) in [5, 5.41) is 101. The third kappa shape index (κ3) is 14.4. The summed E-state index contributed by atoms with van der Waals surface area (Å²) in [5.41, 5.74) is 27.9. The molecule has 0 saturated heterocycles. The molecule has 0 bridgehead atoms. The Morgan fingerprint density at radius 3 is 1.13 bits per heavy atom. The fraction of sp³-hybridized carbons (Fsp3) is 0.0152. The van der Waals surface area contributed by atoms with Crippen LogP contribution in [0.25, 0.3) is 170 Å². The molecule has 0 fully saturated rings. The van der Waals surface area contributed by atoms with E-state index in [2.05, 4.69) is 187 Å². The van der Waals surface area contributed by atoms with Crippen LogP contribution in [-0.2, 0) is 10.8 Å². The molecule has 27 rings (SSSR count). The minimum absolute atomic E-state index is 0.0843. The Bertz CT molecular complexity index is 9850. The van der Waals surface area contributed by atoms with Crippen molar-refractivity contribution in [2.75, 3.05) is 0 Å². The molecule has 0 radical (unpaired) electrons. The third-order valence-electron chi connectivity index (χ3n) is 28.8. The van der Waals surface area contributed by atoms with E-state index in [0.717, 1.165) is 109 Å². The minimum Gasteiger partial charge on any atom is -0.455 e. The Hall–Kier alpha value is -21.2. The van der Waals surface area contributed by atoms with Crippen LogP contribution in [0.2, 0.25) is 0 Å². The Labute approximate surface area is 859 Å². The van der Waals surface area contributed by atoms with E-state index in [1.165, 1.54) is 116 Å². The maximum absolute atomic E-state index is 14.9. The van der Waals surface area contributed by atoms with Crippen LogP contribution in [0.4, 0.5) is 22.0 Å². The highest BCUT2D eigenvalue weighted by Gasteiger charge is 2.54. The van der Waals surface area contributed by atoms with E-state index in [1.54, 1.807) is 17.4 Å². The van der Waals surface area contributed by atoms with Crippen molar-refractivity contribution in [3.63, 3.8) is 0 Å². The summed E-state index contributed by atoms with van der Waals surface area (Å²) >= 11 is 1.59. The lowest BCUT2D eigenvalue weighted by atomic mass is 9.70. The van der Waals surface area contributed by atoms with Crippen molar-refractivity contribution < 1.29 is 26.4 Å². The van der Waals surface area contributed by atoms with Crippen LogP contribution in [-0.4, -0.2) is 4.57 Å². The molecule has 0 saturated carbocycles. The van der Waals surface area contributed by atoms with Gasteiger partial charge in [-0.25, -0.2) is 22.0 Å². The van der Waals surface area contributed by atoms with E-state index in [0.29, 0.717) is 50.1 Å². The van der Waals surface area contributed by atoms with Crippen molar-refractivity contribution in [1.29, 1.82) is 52.6 Å². The first kappa shape index (κ1) is 92.5. The summed E-state index contributed by atoms with van der Waals surface area (Å²) < 4.78 is 82.4. The molecule has 3 heterocycles. The molecule has 0 unspecified atom stereocenters. The summed E-state index contributed by atoms with van der Waals surface area (Å²) in [6, 6.07) is 147. The summed E-state index contributed by atoms with van der Waals surface area (Å²) in [6.07, 6.45) is 0. The second kappa shape index (κ2) is 37.6. The molecule has 18 heteroatoms. The fourth-order valence-corrected chi connectivity index (χ4v) is 23.9. The topological polar surface area (TPSA) is 256 Å². The van der Waals surface area contributed by atoms with Crippen molar-refractivity contribution in [3.8, 4) is 167 Å². The zero-order valence-electron chi connectivity index (χ0n) is 78.7. The number of thiophene rings is 1. The summed E-state index contributed by atoms with van der Waals surface area (Å²) in [5.74, 6) is -3.14. The zero-order valence-corrected chi connectivity index (χ0v) is 79.5. The Morgan fingerprint density at radius 2 is 0.600 bits per heavy atom. The van der Waals surface area contributed by atoms with Gasteiger partial charge in [0.1, 0.15) is 70.6 Å². The lowest BCUT2D eigenvalue weighted by Crippen LogP contribution is -2.25. The number of halogens is 5. The quantitative estimate of drug-likeness (QED) is 0.141. The molecule has 0 amide bonds. The fourth-order valence-electron chi connectivity index (χ4n) is 22.7. The first-order valence-electron chi connectivity index (χ1n) is 47.5. The van der Waals surface area contributed by atoms with Crippen molar-refractivity contribution in [3.05, 3.63) is 530 Å². The standard InChI is InChI=1S/2C33H17FN2.C26H14FN3.C20H9FN2O.C20H9FN2S/c34-31-17-26(20(18-35)16-21(31)19-36)24-11-7-15-30-32(24)25-10-3-6-14-29(25)33(30)27-12-4-1-8-22(27)23-9-2-5-13-28(23)33;34-32-17-27(21(18-35)15-22(32)19-36)20-13-14-26-25-9-3-6-12-30(25)33(31(26)16-20)28-10-4-1-7-23(28)24-8-2-5-11-29(24)33;27-23-14-13-17(15-28)25(22(23)16-29)21-11-6-10-20-19-9-4-5-12-24(19)30(26(20)21)18-7-2-1-3-8-18;2*21-17-9-8-12(10-22)19(16(17)11-23)15-6-3-5-14-13-4-1-2-7-18(13)24-20(14)15/h2*1-17H;1-14H;2*1-9H. The zero-order chi connectivity index (χ0) is 103. The first-order valence-corrected chi connectivity index (χ1v) is 48.3. The summed E-state index contributed by atoms with van der Waals surface area (Å²) in [7, 11) is 0. The second-order valence-corrected chi connectivity index (χ2v) is 37.2. The molecule has 0 atom stereocenters. The van der Waals surface area contributed by atoms with Gasteiger partial charge in [0.05, 0.1) is 108 Å². The van der Waals surface area contributed by atoms with E-state index in [1.807, 2.05) is 212 Å². The third-order valence-corrected chi connectivity index (χ3v) is 30.0. The van der Waals surface area contributed by atoms with Crippen molar-refractivity contribution >= 4 is 75.3 Å². The Morgan fingerprint density at radius 1 is 0.227 bits per heavy atom. The maximum atomic E-state index is 14.9. The Balaban J connectivity index is 0.000000104. The largest absolute Gasteiger partial charge is 0.455 e. The molecule has 12 nitrogen and oxygen atoms in total. The van der Waals surface area contributed by atoms with Gasteiger partial charge in [-0.2, -0.15) is 52.6 Å². The van der Waals surface area contributed by atoms with Crippen LogP contribution in [0.3, 0.4) is 0 Å². The number of benzene rings is 20. The van der Waals surface area contributed by atoms with Crippen molar-refractivity contribution in [1.82, 2.24) is 4.57 Å². The molecule has 150 heavy (non-hydrogen) atoms. The Kier molecular flexibility index (Phi) is 23.2. The van der Waals surface area contributed by atoms with E-state index < -0.39 is 39.9 Å². The summed E-state index contributed by atoms with van der Waals surface area (Å²) in [4.78, 5) is 0. The van der Waals surface area contributed by atoms with E-state index in [9.17, 15) is 74.6 Å². The van der Waals surface area contributed by atoms with Crippen molar-refractivity contribution in [2.24, 2.45) is 0 Å². The molecular formula is C132H66F5N11OS. The highest BCUT2D eigenvalue weighted by molar-refractivity contribution is 7.26. The van der Waals surface area contributed by atoms with Gasteiger partial charge in [0.15, 0.2) is 0 Å². The van der Waals surface area contributed by atoms with Crippen LogP contribution in [0, 0.1) is 142 Å². The second-order valence-electron chi connectivity index (χ2n) is 36.1. The molecular weight excluding hydrogens is 1880 g/mol. The highest BCUT2D eigenvalue weighted by atomic mass is 32.1. The van der Waals surface area contributed by atoms with Crippen LogP contribution in [0.15, 0.2) is 405 Å². The lowest BCUT2D eigenvalue weighted by molar-refractivity contribution is 0.624. The smallest absolute Gasteiger partial charge is 0.143 e. The van der Waals surface area contributed by atoms with Gasteiger partial charge in [-0.15, -0.1) is 11.3 Å². The number of nitrogens with zero attached hydrogens (tertiary/aromatic N) is 11. The number of rotatable bonds is 6. The van der Waals surface area contributed by atoms with E-state index in [-0.39, 0.29) is 55.6 Å². The maximum Gasteiger partial charge on any atom is 0.143 e. The van der Waals surface area contributed by atoms with Gasteiger partial charge < -0.3 is 8.98 Å². The number of hydrogen-bond acceptors (Lipinski definition) is 12. The lowest BCUT2D eigenvalue weighted by Gasteiger charge is -2.30. The van der Waals surface area contributed by atoms with Gasteiger partial charge in [-0.1, -0.05) is 303 Å². The number of aromatic nitrogens is 1. The van der Waals surface area contributed by atoms with Gasteiger partial charge in [0, 0.05) is 91.9 Å². The minimum atomic E-state index is -0.653. The average molecular weight is 1950 g/mol. The molecule has 2 spiro atoms. The van der Waals surface area contributed by atoms with Crippen LogP contribution < -0.4 is 0 Å². The van der Waals surface area contributed by atoms with E-state index >= 15 is 0 Å². The SMILES string of the molecule is N#Cc1cc(C#N)c(-c2ccc3c(c2)C2(c4ccccc4-c4ccccc42)c2ccccc2-3)cc1F.N#Cc1cc(C#N)c(-c2cccc3c2-c2ccccc2C32c3ccccc3-c3ccccc32)cc1F.N#Cc1ccc(F)c(C#N)c1-c1cccc2c1oc1ccccc12.N#Cc1ccc(F)c(C#N)c1-c1cccc2c1sc1ccccc12.N#Cc1ccc(F)c(C#N)c1-c1cccc2c3ccccc3n(-c3ccccc3)c12. The molecule has 4 aliphatic rings. The first-order chi connectivity index (χ1) is 73.6. The van der Waals surface area contributed by atoms with Gasteiger partial charge in [-0.05, 0) is 197 Å². The van der Waals surface area contributed by atoms with Crippen molar-refractivity contribution in [2.45, 2.75) is 10.8 Å². The summed E-state index contributed by atoms with van der Waals surface area (Å²) in [6.45, 7) is 0. The molecule has 0 aliphatic heterocycles. The van der Waals surface area contributed by atoms with Crippen LogP contribution in [0.1, 0.15) is 100 Å². The average Bonchev–Trinajstić information content (AvgIpc) is 1.51. The highest BCUT2D eigenvalue weighted by Crippen LogP contribution is 2.66. The normalized spacial score (nSPS) is 11.9. The van der Waals surface area contributed by atoms with Gasteiger partial charge in [-0.3, -0.25) is 0 Å². The molecule has 3 aromatic heterocycles. The van der Waals surface area contributed by atoms with Crippen LogP contribution >= 0.6 is 11.3 Å². The van der Waals surface area contributed by atoms with Gasteiger partial charge in [0.25, 0.3) is 0 Å². The molecule has 0 N–H and O–H groups in total. The molecule has 20 aromatic carbocycles. The predicted molar refractivity (Wildman–Crippen MR) is 573 cm³/mol. The predicted octanol–water partition coefficient (Wildman–Crippen LogP) is 32.2.